The van der Waals surface area contributed by atoms with Crippen molar-refractivity contribution in [2.45, 2.75) is 27.7 Å². The zero-order valence-corrected chi connectivity index (χ0v) is 14.4. The maximum absolute atomic E-state index is 12.2. The Morgan fingerprint density at radius 2 is 2.17 bits per heavy atom. The minimum atomic E-state index is -3.63. The van der Waals surface area contributed by atoms with E-state index in [0.29, 0.717) is 10.8 Å². The highest BCUT2D eigenvalue weighted by Crippen LogP contribution is 2.28. The topological polar surface area (TPSA) is 98.0 Å². The van der Waals surface area contributed by atoms with Crippen LogP contribution in [-0.2, 0) is 16.6 Å². The van der Waals surface area contributed by atoms with E-state index >= 15 is 0 Å². The quantitative estimate of drug-likeness (QED) is 0.713. The lowest BCUT2D eigenvalue weighted by molar-refractivity contribution is 0.498. The lowest BCUT2D eigenvalue weighted by atomic mass is 10.5. The molecule has 0 spiro atoms. The number of furan rings is 1. The zero-order valence-electron chi connectivity index (χ0n) is 12.0. The predicted octanol–water partition coefficient (Wildman–Crippen LogP) is 2.46. The van der Waals surface area contributed by atoms with Crippen LogP contribution in [0.4, 0.5) is 0 Å². The molecule has 23 heavy (non-hydrogen) atoms. The number of pyridine rings is 1. The Kier molecular flexibility index (Phi) is 4.76. The molecule has 3 aromatic rings. The second-order valence-electron chi connectivity index (χ2n) is 4.43. The highest BCUT2D eigenvalue weighted by molar-refractivity contribution is 8.01. The molecule has 3 rings (SSSR count). The molecule has 0 amide bonds. The molecule has 1 N–H and O–H groups in total. The van der Waals surface area contributed by atoms with Gasteiger partial charge in [0.1, 0.15) is 20.7 Å². The Labute approximate surface area is 141 Å². The molecule has 0 aliphatic carbocycles. The fourth-order valence-corrected chi connectivity index (χ4v) is 4.30. The first-order valence-electron chi connectivity index (χ1n) is 6.49. The average Bonchev–Trinajstić information content (AvgIpc) is 3.18. The molecule has 0 unspecified atom stereocenters. The predicted molar refractivity (Wildman–Crippen MR) is 85.7 cm³/mol. The average molecular weight is 368 g/mol. The largest absolute Gasteiger partial charge is 0.468 e. The van der Waals surface area contributed by atoms with Gasteiger partial charge in [0.25, 0.3) is 0 Å². The standard InChI is InChI=1S/C13H12N4O3S3/c1-9-16-17-13(21-9)22-12-5-4-11(8-14-12)23(18,19)15-7-10-3-2-6-20-10/h2-6,8,15H,7H2,1H3. The van der Waals surface area contributed by atoms with Gasteiger partial charge in [0.15, 0.2) is 4.34 Å². The molecule has 0 bridgehead atoms. The van der Waals surface area contributed by atoms with Crippen molar-refractivity contribution in [3.8, 4) is 0 Å². The van der Waals surface area contributed by atoms with E-state index in [4.69, 9.17) is 4.42 Å². The fourth-order valence-electron chi connectivity index (χ4n) is 1.66. The molecule has 0 aliphatic heterocycles. The number of aryl methyl sites for hydroxylation is 1. The van der Waals surface area contributed by atoms with E-state index in [0.717, 1.165) is 9.35 Å². The van der Waals surface area contributed by atoms with Gasteiger partial charge >= 0.3 is 0 Å². The molecular formula is C13H12N4O3S3. The first-order chi connectivity index (χ1) is 11.0. The summed E-state index contributed by atoms with van der Waals surface area (Å²) in [7, 11) is -3.63. The van der Waals surface area contributed by atoms with Crippen molar-refractivity contribution in [3.05, 3.63) is 47.5 Å². The normalized spacial score (nSPS) is 11.7. The van der Waals surface area contributed by atoms with E-state index in [1.807, 2.05) is 6.92 Å². The number of rotatable bonds is 6. The molecule has 10 heteroatoms. The second kappa shape index (κ2) is 6.79. The number of aromatic nitrogens is 3. The van der Waals surface area contributed by atoms with Crippen LogP contribution in [-0.4, -0.2) is 23.6 Å². The summed E-state index contributed by atoms with van der Waals surface area (Å²) < 4.78 is 32.7. The maximum Gasteiger partial charge on any atom is 0.242 e. The van der Waals surface area contributed by atoms with Crippen molar-refractivity contribution in [2.24, 2.45) is 0 Å². The SMILES string of the molecule is Cc1nnc(Sc2ccc(S(=O)(=O)NCc3ccco3)cn2)s1. The van der Waals surface area contributed by atoms with Gasteiger partial charge in [-0.2, -0.15) is 0 Å². The van der Waals surface area contributed by atoms with E-state index in [1.165, 1.54) is 41.6 Å². The van der Waals surface area contributed by atoms with Gasteiger partial charge in [-0.1, -0.05) is 11.3 Å². The number of nitrogens with zero attached hydrogens (tertiary/aromatic N) is 3. The summed E-state index contributed by atoms with van der Waals surface area (Å²) in [6.07, 6.45) is 2.81. The first-order valence-corrected chi connectivity index (χ1v) is 9.60. The monoisotopic (exact) mass is 368 g/mol. The summed E-state index contributed by atoms with van der Waals surface area (Å²) in [5, 5.41) is 9.44. The van der Waals surface area contributed by atoms with Gasteiger partial charge in [0.2, 0.25) is 10.0 Å². The van der Waals surface area contributed by atoms with E-state index in [1.54, 1.807) is 18.2 Å². The highest BCUT2D eigenvalue weighted by Gasteiger charge is 2.15. The number of hydrogen-bond donors (Lipinski definition) is 1. The summed E-state index contributed by atoms with van der Waals surface area (Å²) in [5.41, 5.74) is 0. The fraction of sp³-hybridized carbons (Fsp3) is 0.154. The Balaban J connectivity index is 1.68. The summed E-state index contributed by atoms with van der Waals surface area (Å²) in [4.78, 5) is 4.25. The van der Waals surface area contributed by atoms with Crippen molar-refractivity contribution < 1.29 is 12.8 Å². The lowest BCUT2D eigenvalue weighted by Gasteiger charge is -2.05. The van der Waals surface area contributed by atoms with Gasteiger partial charge in [-0.05, 0) is 43.0 Å². The van der Waals surface area contributed by atoms with E-state index in [2.05, 4.69) is 19.9 Å². The van der Waals surface area contributed by atoms with Gasteiger partial charge in [0.05, 0.1) is 12.8 Å². The second-order valence-corrected chi connectivity index (χ2v) is 8.64. The third-order valence-electron chi connectivity index (χ3n) is 2.74. The van der Waals surface area contributed by atoms with Gasteiger partial charge in [-0.15, -0.1) is 10.2 Å². The van der Waals surface area contributed by atoms with Crippen LogP contribution >= 0.6 is 23.1 Å². The maximum atomic E-state index is 12.2. The molecule has 0 atom stereocenters. The van der Waals surface area contributed by atoms with Crippen LogP contribution in [0.3, 0.4) is 0 Å². The Hall–Kier alpha value is -1.75. The van der Waals surface area contributed by atoms with Gasteiger partial charge < -0.3 is 4.42 Å². The molecule has 0 aliphatic rings. The Morgan fingerprint density at radius 1 is 1.30 bits per heavy atom. The minimum Gasteiger partial charge on any atom is -0.468 e. The Bertz CT molecular complexity index is 874. The molecule has 0 aromatic carbocycles. The highest BCUT2D eigenvalue weighted by atomic mass is 32.2. The Morgan fingerprint density at radius 3 is 2.78 bits per heavy atom. The number of sulfonamides is 1. The summed E-state index contributed by atoms with van der Waals surface area (Å²) >= 11 is 2.80. The minimum absolute atomic E-state index is 0.0932. The van der Waals surface area contributed by atoms with Crippen molar-refractivity contribution in [3.63, 3.8) is 0 Å². The molecule has 0 fully saturated rings. The first kappa shape index (κ1) is 16.1. The molecule has 3 aromatic heterocycles. The zero-order chi connectivity index (χ0) is 16.3. The van der Waals surface area contributed by atoms with E-state index in [-0.39, 0.29) is 11.4 Å². The van der Waals surface area contributed by atoms with Crippen LogP contribution in [0.5, 0.6) is 0 Å². The third kappa shape index (κ3) is 4.16. The van der Waals surface area contributed by atoms with Crippen LogP contribution in [0, 0.1) is 6.92 Å². The van der Waals surface area contributed by atoms with Crippen LogP contribution in [0.2, 0.25) is 0 Å². The molecule has 0 saturated heterocycles. The van der Waals surface area contributed by atoms with Crippen molar-refractivity contribution in [2.75, 3.05) is 0 Å². The van der Waals surface area contributed by atoms with Gasteiger partial charge in [0, 0.05) is 6.20 Å². The van der Waals surface area contributed by atoms with Crippen LogP contribution in [0.15, 0.2) is 55.4 Å². The van der Waals surface area contributed by atoms with E-state index in [9.17, 15) is 8.42 Å². The van der Waals surface area contributed by atoms with Gasteiger partial charge in [-0.3, -0.25) is 0 Å². The molecule has 0 saturated carbocycles. The number of nitrogens with one attached hydrogen (secondary N) is 1. The van der Waals surface area contributed by atoms with Gasteiger partial charge in [-0.25, -0.2) is 18.1 Å². The lowest BCUT2D eigenvalue weighted by Crippen LogP contribution is -2.23. The van der Waals surface area contributed by atoms with Crippen molar-refractivity contribution in [1.29, 1.82) is 0 Å². The van der Waals surface area contributed by atoms with Crippen LogP contribution < -0.4 is 4.72 Å². The molecule has 120 valence electrons. The third-order valence-corrected chi connectivity index (χ3v) is 5.96. The van der Waals surface area contributed by atoms with Crippen LogP contribution in [0.1, 0.15) is 10.8 Å². The molecule has 7 nitrogen and oxygen atoms in total. The summed E-state index contributed by atoms with van der Waals surface area (Å²) in [6.45, 7) is 1.96. The summed E-state index contributed by atoms with van der Waals surface area (Å²) in [5.74, 6) is 0.542. The molecule has 3 heterocycles. The van der Waals surface area contributed by atoms with Crippen molar-refractivity contribution in [1.82, 2.24) is 19.9 Å². The van der Waals surface area contributed by atoms with Crippen molar-refractivity contribution >= 4 is 33.1 Å². The number of hydrogen-bond acceptors (Lipinski definition) is 8. The molecule has 0 radical (unpaired) electrons. The smallest absolute Gasteiger partial charge is 0.242 e. The van der Waals surface area contributed by atoms with Crippen LogP contribution in [0.25, 0.3) is 0 Å². The summed E-state index contributed by atoms with van der Waals surface area (Å²) in [6, 6.07) is 6.55. The molecular weight excluding hydrogens is 356 g/mol. The van der Waals surface area contributed by atoms with E-state index < -0.39 is 10.0 Å².